The molecule has 4 aromatic rings. The summed E-state index contributed by atoms with van der Waals surface area (Å²) in [6, 6.07) is 16.2. The van der Waals surface area contributed by atoms with E-state index in [1.807, 2.05) is 12.1 Å². The SMILES string of the molecule is COc1cc(-c2cc(C(=O)N[C@H]3CC[C@@H](c4ccccc4)CC3)c3c(N)ncnn23)ccn1. The third kappa shape index (κ3) is 4.11. The van der Waals surface area contributed by atoms with E-state index in [2.05, 4.69) is 44.6 Å². The van der Waals surface area contributed by atoms with Crippen LogP contribution in [-0.4, -0.2) is 38.6 Å². The van der Waals surface area contributed by atoms with E-state index in [0.29, 0.717) is 22.9 Å². The number of fused-ring (bicyclic) bond motifs is 1. The predicted molar refractivity (Wildman–Crippen MR) is 126 cm³/mol. The molecule has 3 heterocycles. The van der Waals surface area contributed by atoms with Gasteiger partial charge in [0.2, 0.25) is 5.88 Å². The lowest BCUT2D eigenvalue weighted by Crippen LogP contribution is -2.37. The van der Waals surface area contributed by atoms with Gasteiger partial charge in [0.25, 0.3) is 5.91 Å². The van der Waals surface area contributed by atoms with Crippen LogP contribution in [0.15, 0.2) is 61.1 Å². The molecular formula is C25H26N6O2. The fourth-order valence-corrected chi connectivity index (χ4v) is 4.69. The largest absolute Gasteiger partial charge is 0.481 e. The van der Waals surface area contributed by atoms with Gasteiger partial charge in [-0.2, -0.15) is 5.10 Å². The van der Waals surface area contributed by atoms with Gasteiger partial charge in [0.05, 0.1) is 18.4 Å². The molecule has 0 spiro atoms. The minimum Gasteiger partial charge on any atom is -0.481 e. The third-order valence-corrected chi connectivity index (χ3v) is 6.40. The summed E-state index contributed by atoms with van der Waals surface area (Å²) in [4.78, 5) is 21.6. The molecule has 1 amide bonds. The number of carbonyl (C=O) groups excluding carboxylic acids is 1. The minimum absolute atomic E-state index is 0.128. The van der Waals surface area contributed by atoms with Crippen LogP contribution >= 0.6 is 0 Å². The van der Waals surface area contributed by atoms with Gasteiger partial charge < -0.3 is 15.8 Å². The lowest BCUT2D eigenvalue weighted by atomic mass is 9.82. The molecule has 8 nitrogen and oxygen atoms in total. The zero-order valence-corrected chi connectivity index (χ0v) is 18.4. The number of nitrogens with two attached hydrogens (primary N) is 1. The molecule has 0 atom stereocenters. The number of benzene rings is 1. The molecular weight excluding hydrogens is 416 g/mol. The first-order valence-corrected chi connectivity index (χ1v) is 11.1. The summed E-state index contributed by atoms with van der Waals surface area (Å²) in [5.74, 6) is 1.12. The number of rotatable bonds is 5. The maximum atomic E-state index is 13.3. The maximum absolute atomic E-state index is 13.3. The molecule has 1 aliphatic carbocycles. The van der Waals surface area contributed by atoms with E-state index in [-0.39, 0.29) is 17.8 Å². The Kier molecular flexibility index (Phi) is 5.64. The highest BCUT2D eigenvalue weighted by molar-refractivity contribution is 6.05. The first-order valence-electron chi connectivity index (χ1n) is 11.1. The van der Waals surface area contributed by atoms with Crippen molar-refractivity contribution < 1.29 is 9.53 Å². The summed E-state index contributed by atoms with van der Waals surface area (Å²) in [7, 11) is 1.56. The number of methoxy groups -OCH3 is 1. The number of aromatic nitrogens is 4. The molecule has 3 aromatic heterocycles. The van der Waals surface area contributed by atoms with E-state index in [4.69, 9.17) is 10.5 Å². The summed E-state index contributed by atoms with van der Waals surface area (Å²) < 4.78 is 6.90. The Balaban J connectivity index is 1.39. The van der Waals surface area contributed by atoms with E-state index < -0.39 is 0 Å². The molecule has 33 heavy (non-hydrogen) atoms. The predicted octanol–water partition coefficient (Wildman–Crippen LogP) is 3.84. The van der Waals surface area contributed by atoms with Gasteiger partial charge in [0.1, 0.15) is 11.8 Å². The number of nitrogen functional groups attached to an aromatic ring is 1. The lowest BCUT2D eigenvalue weighted by Gasteiger charge is -2.29. The van der Waals surface area contributed by atoms with Crippen molar-refractivity contribution in [2.24, 2.45) is 0 Å². The van der Waals surface area contributed by atoms with Crippen molar-refractivity contribution in [3.63, 3.8) is 0 Å². The van der Waals surface area contributed by atoms with Gasteiger partial charge >= 0.3 is 0 Å². The van der Waals surface area contributed by atoms with Gasteiger partial charge in [-0.1, -0.05) is 30.3 Å². The molecule has 3 N–H and O–H groups in total. The molecule has 5 rings (SSSR count). The number of amides is 1. The second-order valence-corrected chi connectivity index (χ2v) is 8.37. The summed E-state index contributed by atoms with van der Waals surface area (Å²) in [6.07, 6.45) is 7.03. The molecule has 0 aliphatic heterocycles. The lowest BCUT2D eigenvalue weighted by molar-refractivity contribution is 0.0927. The quantitative estimate of drug-likeness (QED) is 0.486. The van der Waals surface area contributed by atoms with Gasteiger partial charge in [-0.05, 0) is 49.3 Å². The molecule has 1 saturated carbocycles. The van der Waals surface area contributed by atoms with Crippen molar-refractivity contribution >= 4 is 17.2 Å². The zero-order valence-electron chi connectivity index (χ0n) is 18.4. The highest BCUT2D eigenvalue weighted by Crippen LogP contribution is 2.33. The topological polar surface area (TPSA) is 107 Å². The highest BCUT2D eigenvalue weighted by Gasteiger charge is 2.26. The molecule has 1 aromatic carbocycles. The van der Waals surface area contributed by atoms with Crippen LogP contribution in [-0.2, 0) is 0 Å². The van der Waals surface area contributed by atoms with E-state index in [0.717, 1.165) is 36.9 Å². The fraction of sp³-hybridized carbons (Fsp3) is 0.280. The maximum Gasteiger partial charge on any atom is 0.253 e. The molecule has 1 aliphatic rings. The van der Waals surface area contributed by atoms with Crippen molar-refractivity contribution in [3.05, 3.63) is 72.2 Å². The number of ether oxygens (including phenoxy) is 1. The van der Waals surface area contributed by atoms with E-state index in [9.17, 15) is 4.79 Å². The van der Waals surface area contributed by atoms with Gasteiger partial charge in [-0.15, -0.1) is 0 Å². The van der Waals surface area contributed by atoms with Crippen LogP contribution in [0.25, 0.3) is 16.8 Å². The fourth-order valence-electron chi connectivity index (χ4n) is 4.69. The van der Waals surface area contributed by atoms with Gasteiger partial charge in [-0.3, -0.25) is 4.79 Å². The Labute approximate surface area is 191 Å². The number of nitrogens with one attached hydrogen (secondary N) is 1. The first kappa shape index (κ1) is 20.9. The third-order valence-electron chi connectivity index (χ3n) is 6.40. The highest BCUT2D eigenvalue weighted by atomic mass is 16.5. The molecule has 8 heteroatoms. The smallest absolute Gasteiger partial charge is 0.253 e. The summed E-state index contributed by atoms with van der Waals surface area (Å²) in [6.45, 7) is 0. The zero-order chi connectivity index (χ0) is 22.8. The number of anilines is 1. The average molecular weight is 443 g/mol. The normalized spacial score (nSPS) is 18.2. The van der Waals surface area contributed by atoms with Crippen LogP contribution in [0.5, 0.6) is 5.88 Å². The van der Waals surface area contributed by atoms with Gasteiger partial charge in [0.15, 0.2) is 5.82 Å². The van der Waals surface area contributed by atoms with Crippen LogP contribution in [0.1, 0.15) is 47.5 Å². The number of nitrogens with zero attached hydrogens (tertiary/aromatic N) is 4. The molecule has 0 radical (unpaired) electrons. The second-order valence-electron chi connectivity index (χ2n) is 8.37. The minimum atomic E-state index is -0.163. The summed E-state index contributed by atoms with van der Waals surface area (Å²) >= 11 is 0. The molecule has 1 fully saturated rings. The second kappa shape index (κ2) is 8.90. The molecule has 168 valence electrons. The monoisotopic (exact) mass is 442 g/mol. The van der Waals surface area contributed by atoms with Crippen molar-refractivity contribution in [1.82, 2.24) is 24.9 Å². The standard InChI is InChI=1S/C25H26N6O2/c1-33-22-13-18(11-12-27-22)21-14-20(23-24(26)28-15-29-31(21)23)25(32)30-19-9-7-17(8-10-19)16-5-3-2-4-6-16/h2-6,11-15,17,19H,7-10H2,1H3,(H,30,32)(H2,26,28,29)/t17-,19+. The Bertz CT molecular complexity index is 1280. The Morgan fingerprint density at radius 3 is 2.64 bits per heavy atom. The van der Waals surface area contributed by atoms with E-state index >= 15 is 0 Å². The van der Waals surface area contributed by atoms with Crippen LogP contribution < -0.4 is 15.8 Å². The van der Waals surface area contributed by atoms with Crippen molar-refractivity contribution in [3.8, 4) is 17.1 Å². The van der Waals surface area contributed by atoms with E-state index in [1.165, 1.54) is 11.9 Å². The van der Waals surface area contributed by atoms with Crippen LogP contribution in [0.4, 0.5) is 5.82 Å². The van der Waals surface area contributed by atoms with Crippen molar-refractivity contribution in [2.75, 3.05) is 12.8 Å². The van der Waals surface area contributed by atoms with Crippen molar-refractivity contribution in [1.29, 1.82) is 0 Å². The number of hydrogen-bond acceptors (Lipinski definition) is 6. The van der Waals surface area contributed by atoms with Gasteiger partial charge in [0, 0.05) is 23.9 Å². The van der Waals surface area contributed by atoms with Crippen LogP contribution in [0, 0.1) is 0 Å². The van der Waals surface area contributed by atoms with Crippen LogP contribution in [0.3, 0.4) is 0 Å². The van der Waals surface area contributed by atoms with Crippen molar-refractivity contribution in [2.45, 2.75) is 37.6 Å². The van der Waals surface area contributed by atoms with E-state index in [1.54, 1.807) is 30.0 Å². The summed E-state index contributed by atoms with van der Waals surface area (Å²) in [5.41, 5.74) is 10.0. The number of pyridine rings is 1. The van der Waals surface area contributed by atoms with Gasteiger partial charge in [-0.25, -0.2) is 14.5 Å². The first-order chi connectivity index (χ1) is 16.1. The Hall–Kier alpha value is -3.94. The number of hydrogen-bond donors (Lipinski definition) is 2. The summed E-state index contributed by atoms with van der Waals surface area (Å²) in [5, 5.41) is 7.57. The molecule has 0 bridgehead atoms. The molecule has 0 saturated heterocycles. The average Bonchev–Trinajstić information content (AvgIpc) is 3.26. The Morgan fingerprint density at radius 2 is 1.88 bits per heavy atom. The number of carbonyl (C=O) groups is 1. The molecule has 0 unspecified atom stereocenters. The Morgan fingerprint density at radius 1 is 1.09 bits per heavy atom. The van der Waals surface area contributed by atoms with Crippen LogP contribution in [0.2, 0.25) is 0 Å².